The second-order valence-electron chi connectivity index (χ2n) is 6.99. The third-order valence-corrected chi connectivity index (χ3v) is 4.61. The van der Waals surface area contributed by atoms with E-state index in [0.29, 0.717) is 12.3 Å². The molecule has 1 aliphatic rings. The van der Waals surface area contributed by atoms with Crippen molar-refractivity contribution in [3.63, 3.8) is 0 Å². The highest BCUT2D eigenvalue weighted by atomic mass is 127. The van der Waals surface area contributed by atoms with Crippen LogP contribution in [0.4, 0.5) is 0 Å². The number of hydrogen-bond donors (Lipinski definition) is 2. The number of rotatable bonds is 6. The minimum atomic E-state index is 0. The molecule has 1 aliphatic heterocycles. The number of nitrogens with zero attached hydrogens (tertiary/aromatic N) is 4. The number of hydrogen-bond acceptors (Lipinski definition) is 3. The van der Waals surface area contributed by atoms with E-state index in [4.69, 9.17) is 0 Å². The smallest absolute Gasteiger partial charge is 0.222 e. The standard InChI is InChI=1S/C18H32N6O.HI/c1-6-17(25)23-8-7-16(12-23)21-18(19-5)20-10-13(2)11-24-15(4)9-14(3)22-24;/h9,13,16H,6-8,10-12H2,1-5H3,(H2,19,20,21);1H. The predicted molar refractivity (Wildman–Crippen MR) is 116 cm³/mol. The van der Waals surface area contributed by atoms with Crippen LogP contribution in [0.5, 0.6) is 0 Å². The van der Waals surface area contributed by atoms with Gasteiger partial charge in [0.25, 0.3) is 0 Å². The SMILES string of the molecule is CCC(=O)N1CCC(NC(=NC)NCC(C)Cn2nc(C)cc2C)C1.I. The summed E-state index contributed by atoms with van der Waals surface area (Å²) in [7, 11) is 1.78. The summed E-state index contributed by atoms with van der Waals surface area (Å²) in [6.45, 7) is 11.5. The fraction of sp³-hybridized carbons (Fsp3) is 0.722. The Kier molecular flexibility index (Phi) is 9.38. The van der Waals surface area contributed by atoms with Gasteiger partial charge in [-0.1, -0.05) is 13.8 Å². The van der Waals surface area contributed by atoms with E-state index in [0.717, 1.165) is 44.3 Å². The van der Waals surface area contributed by atoms with Crippen LogP contribution >= 0.6 is 24.0 Å². The molecule has 2 unspecified atom stereocenters. The van der Waals surface area contributed by atoms with Crippen LogP contribution in [0, 0.1) is 19.8 Å². The Morgan fingerprint density at radius 1 is 1.46 bits per heavy atom. The van der Waals surface area contributed by atoms with Gasteiger partial charge < -0.3 is 15.5 Å². The first-order valence-electron chi connectivity index (χ1n) is 9.19. The van der Waals surface area contributed by atoms with Crippen LogP contribution in [0.25, 0.3) is 0 Å². The summed E-state index contributed by atoms with van der Waals surface area (Å²) in [4.78, 5) is 18.0. The van der Waals surface area contributed by atoms with E-state index in [9.17, 15) is 4.79 Å². The predicted octanol–water partition coefficient (Wildman–Crippen LogP) is 1.93. The fourth-order valence-electron chi connectivity index (χ4n) is 3.21. The summed E-state index contributed by atoms with van der Waals surface area (Å²) in [6.07, 6.45) is 1.54. The molecule has 26 heavy (non-hydrogen) atoms. The van der Waals surface area contributed by atoms with Gasteiger partial charge >= 0.3 is 0 Å². The molecule has 1 aromatic rings. The number of halogens is 1. The van der Waals surface area contributed by atoms with Crippen molar-refractivity contribution in [3.05, 3.63) is 17.5 Å². The second-order valence-corrected chi connectivity index (χ2v) is 6.99. The van der Waals surface area contributed by atoms with Gasteiger partial charge in [0.1, 0.15) is 0 Å². The zero-order chi connectivity index (χ0) is 18.4. The van der Waals surface area contributed by atoms with E-state index >= 15 is 0 Å². The zero-order valence-electron chi connectivity index (χ0n) is 16.6. The Bertz CT molecular complexity index is 615. The van der Waals surface area contributed by atoms with Crippen molar-refractivity contribution < 1.29 is 4.79 Å². The molecule has 148 valence electrons. The largest absolute Gasteiger partial charge is 0.356 e. The number of guanidine groups is 1. The number of amides is 1. The molecule has 1 saturated heterocycles. The number of carbonyl (C=O) groups excluding carboxylic acids is 1. The Morgan fingerprint density at radius 3 is 2.77 bits per heavy atom. The molecule has 0 aromatic carbocycles. The lowest BCUT2D eigenvalue weighted by molar-refractivity contribution is -0.129. The number of aryl methyl sites for hydroxylation is 2. The van der Waals surface area contributed by atoms with Crippen molar-refractivity contribution in [1.29, 1.82) is 0 Å². The Hall–Kier alpha value is -1.32. The van der Waals surface area contributed by atoms with Gasteiger partial charge in [-0.25, -0.2) is 0 Å². The van der Waals surface area contributed by atoms with E-state index in [1.807, 2.05) is 18.7 Å². The molecule has 0 aliphatic carbocycles. The topological polar surface area (TPSA) is 74.6 Å². The van der Waals surface area contributed by atoms with Crippen molar-refractivity contribution in [1.82, 2.24) is 25.3 Å². The van der Waals surface area contributed by atoms with Gasteiger partial charge in [-0.15, -0.1) is 24.0 Å². The quantitative estimate of drug-likeness (QED) is 0.374. The molecule has 0 bridgehead atoms. The molecule has 0 saturated carbocycles. The monoisotopic (exact) mass is 476 g/mol. The van der Waals surface area contributed by atoms with Gasteiger partial charge in [-0.3, -0.25) is 14.5 Å². The van der Waals surface area contributed by atoms with Crippen LogP contribution < -0.4 is 10.6 Å². The van der Waals surface area contributed by atoms with E-state index < -0.39 is 0 Å². The minimum Gasteiger partial charge on any atom is -0.356 e. The van der Waals surface area contributed by atoms with Gasteiger partial charge in [0.15, 0.2) is 5.96 Å². The molecule has 8 heteroatoms. The Balaban J connectivity index is 0.00000338. The summed E-state index contributed by atoms with van der Waals surface area (Å²) in [5.41, 5.74) is 2.25. The molecule has 2 heterocycles. The summed E-state index contributed by atoms with van der Waals surface area (Å²) in [5, 5.41) is 11.3. The average Bonchev–Trinajstić information content (AvgIpc) is 3.17. The first-order chi connectivity index (χ1) is 11.9. The normalized spacial score (nSPS) is 18.4. The van der Waals surface area contributed by atoms with E-state index in [-0.39, 0.29) is 35.9 Å². The maximum absolute atomic E-state index is 11.8. The summed E-state index contributed by atoms with van der Waals surface area (Å²) in [6, 6.07) is 2.37. The number of carbonyl (C=O) groups is 1. The van der Waals surface area contributed by atoms with Gasteiger partial charge in [-0.05, 0) is 32.3 Å². The maximum atomic E-state index is 11.8. The minimum absolute atomic E-state index is 0. The highest BCUT2D eigenvalue weighted by Gasteiger charge is 2.25. The lowest BCUT2D eigenvalue weighted by atomic mass is 10.2. The van der Waals surface area contributed by atoms with E-state index in [1.165, 1.54) is 5.69 Å². The summed E-state index contributed by atoms with van der Waals surface area (Å²) >= 11 is 0. The van der Waals surface area contributed by atoms with Crippen molar-refractivity contribution in [2.24, 2.45) is 10.9 Å². The van der Waals surface area contributed by atoms with Crippen LogP contribution in [0.2, 0.25) is 0 Å². The zero-order valence-corrected chi connectivity index (χ0v) is 18.9. The second kappa shape index (κ2) is 10.7. The van der Waals surface area contributed by atoms with Gasteiger partial charge in [-0.2, -0.15) is 5.10 Å². The lowest BCUT2D eigenvalue weighted by Gasteiger charge is -2.20. The van der Waals surface area contributed by atoms with E-state index in [2.05, 4.69) is 45.3 Å². The third-order valence-electron chi connectivity index (χ3n) is 4.61. The molecule has 0 spiro atoms. The molecule has 1 amide bonds. The molecule has 2 atom stereocenters. The van der Waals surface area contributed by atoms with Crippen molar-refractivity contribution in [3.8, 4) is 0 Å². The van der Waals surface area contributed by atoms with Crippen LogP contribution in [0.15, 0.2) is 11.1 Å². The molecule has 7 nitrogen and oxygen atoms in total. The molecule has 1 aromatic heterocycles. The fourth-order valence-corrected chi connectivity index (χ4v) is 3.21. The summed E-state index contributed by atoms with van der Waals surface area (Å²) < 4.78 is 2.06. The highest BCUT2D eigenvalue weighted by Crippen LogP contribution is 2.10. The van der Waals surface area contributed by atoms with Crippen molar-refractivity contribution >= 4 is 35.8 Å². The van der Waals surface area contributed by atoms with Gasteiger partial charge in [0, 0.05) is 51.4 Å². The van der Waals surface area contributed by atoms with Crippen molar-refractivity contribution in [2.75, 3.05) is 26.7 Å². The molecule has 1 fully saturated rings. The average molecular weight is 476 g/mol. The van der Waals surface area contributed by atoms with Crippen LogP contribution in [0.3, 0.4) is 0 Å². The summed E-state index contributed by atoms with van der Waals surface area (Å²) in [5.74, 6) is 1.46. The number of aliphatic imine (C=N–C) groups is 1. The first kappa shape index (κ1) is 22.7. The molecule has 2 N–H and O–H groups in total. The lowest BCUT2D eigenvalue weighted by Crippen LogP contribution is -2.46. The van der Waals surface area contributed by atoms with Gasteiger partial charge in [0.2, 0.25) is 5.91 Å². The van der Waals surface area contributed by atoms with Gasteiger partial charge in [0.05, 0.1) is 5.69 Å². The van der Waals surface area contributed by atoms with Crippen LogP contribution in [-0.2, 0) is 11.3 Å². The molecule has 2 rings (SSSR count). The molecular formula is C18H33IN6O. The number of nitrogens with one attached hydrogen (secondary N) is 2. The molecule has 0 radical (unpaired) electrons. The van der Waals surface area contributed by atoms with Crippen LogP contribution in [-0.4, -0.2) is 59.3 Å². The maximum Gasteiger partial charge on any atom is 0.222 e. The first-order valence-corrected chi connectivity index (χ1v) is 9.19. The molecular weight excluding hydrogens is 443 g/mol. The van der Waals surface area contributed by atoms with Crippen LogP contribution in [0.1, 0.15) is 38.1 Å². The highest BCUT2D eigenvalue weighted by molar-refractivity contribution is 14.0. The number of aromatic nitrogens is 2. The Morgan fingerprint density at radius 2 is 2.19 bits per heavy atom. The van der Waals surface area contributed by atoms with Crippen molar-refractivity contribution in [2.45, 2.75) is 53.1 Å². The van der Waals surface area contributed by atoms with E-state index in [1.54, 1.807) is 7.05 Å². The Labute approximate surface area is 174 Å². The number of likely N-dealkylation sites (tertiary alicyclic amines) is 1. The third kappa shape index (κ3) is 6.44.